The van der Waals surface area contributed by atoms with Gasteiger partial charge in [-0.05, 0) is 19.8 Å². The summed E-state index contributed by atoms with van der Waals surface area (Å²) in [6.07, 6.45) is 7.22. The van der Waals surface area contributed by atoms with Crippen molar-refractivity contribution >= 4 is 0 Å². The van der Waals surface area contributed by atoms with Crippen LogP contribution in [0.5, 0.6) is 0 Å². The second-order valence-corrected chi connectivity index (χ2v) is 2.09. The molecular weight excluding hydrogens is 112 g/mol. The van der Waals surface area contributed by atoms with Gasteiger partial charge in [-0.3, -0.25) is 0 Å². The summed E-state index contributed by atoms with van der Waals surface area (Å²) in [5.41, 5.74) is 0. The van der Waals surface area contributed by atoms with Crippen molar-refractivity contribution in [3.8, 4) is 0 Å². The molecule has 0 saturated heterocycles. The highest BCUT2D eigenvalue weighted by Gasteiger charge is 1.89. The van der Waals surface area contributed by atoms with Gasteiger partial charge in [0.05, 0.1) is 6.10 Å². The first kappa shape index (κ1) is 8.44. The molecule has 52 valence electrons. The van der Waals surface area contributed by atoms with E-state index in [4.69, 9.17) is 5.11 Å². The molecule has 0 radical (unpaired) electrons. The van der Waals surface area contributed by atoms with Gasteiger partial charge in [-0.1, -0.05) is 24.8 Å². The number of hydrogen-bond donors (Lipinski definition) is 1. The molecule has 0 aliphatic rings. The Bertz CT molecular complexity index is 92.7. The molecule has 0 saturated carbocycles. The molecule has 0 rings (SSSR count). The summed E-state index contributed by atoms with van der Waals surface area (Å²) in [6, 6.07) is 0. The fourth-order valence-electron chi connectivity index (χ4n) is 0.530. The molecule has 9 heavy (non-hydrogen) atoms. The molecule has 1 unspecified atom stereocenters. The van der Waals surface area contributed by atoms with Crippen LogP contribution in [0.1, 0.15) is 19.8 Å². The van der Waals surface area contributed by atoms with Gasteiger partial charge in [0, 0.05) is 0 Å². The van der Waals surface area contributed by atoms with E-state index < -0.39 is 0 Å². The first-order valence-corrected chi connectivity index (χ1v) is 3.23. The Kier molecular flexibility index (Phi) is 5.23. The van der Waals surface area contributed by atoms with Gasteiger partial charge >= 0.3 is 0 Å². The summed E-state index contributed by atoms with van der Waals surface area (Å²) >= 11 is 0. The van der Waals surface area contributed by atoms with Gasteiger partial charge < -0.3 is 5.11 Å². The molecule has 0 aliphatic heterocycles. The largest absolute Gasteiger partial charge is 0.393 e. The van der Waals surface area contributed by atoms with E-state index in [-0.39, 0.29) is 6.10 Å². The molecule has 0 aromatic carbocycles. The molecule has 0 heterocycles. The van der Waals surface area contributed by atoms with Crippen molar-refractivity contribution in [2.45, 2.75) is 25.9 Å². The lowest BCUT2D eigenvalue weighted by molar-refractivity contribution is 0.186. The first-order chi connectivity index (χ1) is 4.27. The number of allylic oxidation sites excluding steroid dienone is 3. The van der Waals surface area contributed by atoms with Crippen LogP contribution in [0.25, 0.3) is 0 Å². The summed E-state index contributed by atoms with van der Waals surface area (Å²) in [5.74, 6) is 0. The van der Waals surface area contributed by atoms with Crippen LogP contribution in [-0.4, -0.2) is 11.2 Å². The van der Waals surface area contributed by atoms with E-state index in [0.717, 1.165) is 12.8 Å². The SMILES string of the molecule is C=C/C=C/CCC(C)O. The number of aliphatic hydroxyl groups excluding tert-OH is 1. The van der Waals surface area contributed by atoms with Crippen LogP contribution in [0.2, 0.25) is 0 Å². The average molecular weight is 126 g/mol. The predicted octanol–water partition coefficient (Wildman–Crippen LogP) is 1.89. The number of rotatable bonds is 4. The Morgan fingerprint density at radius 1 is 1.67 bits per heavy atom. The van der Waals surface area contributed by atoms with Crippen molar-refractivity contribution in [2.24, 2.45) is 0 Å². The Morgan fingerprint density at radius 2 is 2.33 bits per heavy atom. The van der Waals surface area contributed by atoms with Crippen LogP contribution >= 0.6 is 0 Å². The van der Waals surface area contributed by atoms with E-state index in [2.05, 4.69) is 6.58 Å². The second-order valence-electron chi connectivity index (χ2n) is 2.09. The predicted molar refractivity (Wildman–Crippen MR) is 40.3 cm³/mol. The van der Waals surface area contributed by atoms with E-state index in [1.807, 2.05) is 12.2 Å². The lowest BCUT2D eigenvalue weighted by Crippen LogP contribution is -1.96. The molecule has 1 nitrogen and oxygen atoms in total. The van der Waals surface area contributed by atoms with Gasteiger partial charge in [0.25, 0.3) is 0 Å². The van der Waals surface area contributed by atoms with Crippen molar-refractivity contribution < 1.29 is 5.11 Å². The minimum atomic E-state index is -0.181. The minimum Gasteiger partial charge on any atom is -0.393 e. The smallest absolute Gasteiger partial charge is 0.0515 e. The topological polar surface area (TPSA) is 20.2 Å². The lowest BCUT2D eigenvalue weighted by atomic mass is 10.2. The molecule has 0 spiro atoms. The monoisotopic (exact) mass is 126 g/mol. The van der Waals surface area contributed by atoms with Crippen LogP contribution in [-0.2, 0) is 0 Å². The third-order valence-electron chi connectivity index (χ3n) is 1.02. The van der Waals surface area contributed by atoms with E-state index in [0.29, 0.717) is 0 Å². The van der Waals surface area contributed by atoms with Crippen molar-refractivity contribution in [2.75, 3.05) is 0 Å². The zero-order valence-electron chi connectivity index (χ0n) is 5.88. The number of hydrogen-bond acceptors (Lipinski definition) is 1. The second kappa shape index (κ2) is 5.57. The highest BCUT2D eigenvalue weighted by atomic mass is 16.3. The molecule has 0 aliphatic carbocycles. The third-order valence-corrected chi connectivity index (χ3v) is 1.02. The van der Waals surface area contributed by atoms with Crippen LogP contribution in [0.15, 0.2) is 24.8 Å². The molecule has 1 atom stereocenters. The maximum atomic E-state index is 8.79. The van der Waals surface area contributed by atoms with Crippen molar-refractivity contribution in [3.05, 3.63) is 24.8 Å². The molecule has 0 aromatic heterocycles. The Hall–Kier alpha value is -0.560. The lowest BCUT2D eigenvalue weighted by Gasteiger charge is -1.97. The molecule has 1 heteroatoms. The summed E-state index contributed by atoms with van der Waals surface area (Å²) < 4.78 is 0. The van der Waals surface area contributed by atoms with Gasteiger partial charge in [0.1, 0.15) is 0 Å². The van der Waals surface area contributed by atoms with E-state index in [9.17, 15) is 0 Å². The maximum absolute atomic E-state index is 8.79. The molecule has 0 fully saturated rings. The molecule has 0 aromatic rings. The quantitative estimate of drug-likeness (QED) is 0.570. The highest BCUT2D eigenvalue weighted by Crippen LogP contribution is 1.95. The van der Waals surface area contributed by atoms with Crippen molar-refractivity contribution in [1.82, 2.24) is 0 Å². The third kappa shape index (κ3) is 7.44. The van der Waals surface area contributed by atoms with Gasteiger partial charge in [0.15, 0.2) is 0 Å². The van der Waals surface area contributed by atoms with Gasteiger partial charge in [-0.2, -0.15) is 0 Å². The molecular formula is C8H14O. The fraction of sp³-hybridized carbons (Fsp3) is 0.500. The van der Waals surface area contributed by atoms with Crippen molar-refractivity contribution in [3.63, 3.8) is 0 Å². The van der Waals surface area contributed by atoms with Crippen LogP contribution in [0, 0.1) is 0 Å². The van der Waals surface area contributed by atoms with Crippen LogP contribution in [0.3, 0.4) is 0 Å². The normalized spacial score (nSPS) is 14.0. The minimum absolute atomic E-state index is 0.181. The van der Waals surface area contributed by atoms with Crippen molar-refractivity contribution in [1.29, 1.82) is 0 Å². The van der Waals surface area contributed by atoms with Gasteiger partial charge in [0.2, 0.25) is 0 Å². The van der Waals surface area contributed by atoms with E-state index in [1.165, 1.54) is 0 Å². The fourth-order valence-corrected chi connectivity index (χ4v) is 0.530. The summed E-state index contributed by atoms with van der Waals surface area (Å²) in [7, 11) is 0. The Morgan fingerprint density at radius 3 is 2.78 bits per heavy atom. The molecule has 0 amide bonds. The highest BCUT2D eigenvalue weighted by molar-refractivity contribution is 4.96. The zero-order valence-corrected chi connectivity index (χ0v) is 5.88. The summed E-state index contributed by atoms with van der Waals surface area (Å²) in [4.78, 5) is 0. The van der Waals surface area contributed by atoms with E-state index in [1.54, 1.807) is 13.0 Å². The zero-order chi connectivity index (χ0) is 7.11. The summed E-state index contributed by atoms with van der Waals surface area (Å²) in [5, 5.41) is 8.79. The Balaban J connectivity index is 3.08. The van der Waals surface area contributed by atoms with Gasteiger partial charge in [-0.25, -0.2) is 0 Å². The number of aliphatic hydroxyl groups is 1. The standard InChI is InChI=1S/C8H14O/c1-3-4-5-6-7-8(2)9/h3-5,8-9H,1,6-7H2,2H3/b5-4+. The van der Waals surface area contributed by atoms with Gasteiger partial charge in [-0.15, -0.1) is 0 Å². The molecule has 0 bridgehead atoms. The maximum Gasteiger partial charge on any atom is 0.0515 e. The Labute approximate surface area is 56.7 Å². The first-order valence-electron chi connectivity index (χ1n) is 3.23. The average Bonchev–Trinajstić information content (AvgIpc) is 1.80. The molecule has 1 N–H and O–H groups in total. The summed E-state index contributed by atoms with van der Waals surface area (Å²) in [6.45, 7) is 5.32. The van der Waals surface area contributed by atoms with Crippen LogP contribution < -0.4 is 0 Å². The van der Waals surface area contributed by atoms with E-state index >= 15 is 0 Å². The van der Waals surface area contributed by atoms with Crippen LogP contribution in [0.4, 0.5) is 0 Å².